The number of carbonyl (C=O) groups is 1. The molecule has 1 aliphatic carbocycles. The van der Waals surface area contributed by atoms with Crippen molar-refractivity contribution >= 4 is 17.0 Å². The Hall–Kier alpha value is -4.80. The van der Waals surface area contributed by atoms with Crippen LogP contribution in [0.1, 0.15) is 59.8 Å². The Morgan fingerprint density at radius 3 is 2.33 bits per heavy atom. The maximum absolute atomic E-state index is 15.7. The monoisotopic (exact) mass is 635 g/mol. The number of alkyl halides is 3. The molecule has 0 bridgehead atoms. The van der Waals surface area contributed by atoms with Crippen molar-refractivity contribution in [2.24, 2.45) is 5.92 Å². The SMILES string of the molecule is Cc1ccc(COc2ccc3nc([C@@H]4CCCC[C@@H]4C(=O)O)n(Cc4c(F)cc(-c5ccc(C(F)(F)F)cc5)cc4F)c3c2)nc1. The summed E-state index contributed by atoms with van der Waals surface area (Å²) in [4.78, 5) is 21.4. The van der Waals surface area contributed by atoms with E-state index in [9.17, 15) is 23.1 Å². The van der Waals surface area contributed by atoms with Crippen molar-refractivity contribution in [1.29, 1.82) is 0 Å². The molecule has 0 radical (unpaired) electrons. The molecule has 6 nitrogen and oxygen atoms in total. The zero-order valence-electron chi connectivity index (χ0n) is 24.8. The molecule has 6 rings (SSSR count). The van der Waals surface area contributed by atoms with Gasteiger partial charge in [-0.1, -0.05) is 31.0 Å². The maximum atomic E-state index is 15.7. The third-order valence-electron chi connectivity index (χ3n) is 8.53. The fourth-order valence-electron chi connectivity index (χ4n) is 6.07. The van der Waals surface area contributed by atoms with Crippen molar-refractivity contribution in [1.82, 2.24) is 14.5 Å². The Labute approximate surface area is 261 Å². The van der Waals surface area contributed by atoms with Crippen LogP contribution < -0.4 is 4.74 Å². The summed E-state index contributed by atoms with van der Waals surface area (Å²) in [7, 11) is 0. The van der Waals surface area contributed by atoms with Crippen LogP contribution in [0.2, 0.25) is 0 Å². The number of nitrogens with zero attached hydrogens (tertiary/aromatic N) is 3. The van der Waals surface area contributed by atoms with Crippen LogP contribution in [0, 0.1) is 24.5 Å². The molecule has 1 fully saturated rings. The van der Waals surface area contributed by atoms with Gasteiger partial charge in [0, 0.05) is 23.7 Å². The van der Waals surface area contributed by atoms with Gasteiger partial charge in [0.15, 0.2) is 0 Å². The van der Waals surface area contributed by atoms with E-state index in [0.29, 0.717) is 41.1 Å². The zero-order chi connectivity index (χ0) is 32.6. The molecule has 2 atom stereocenters. The van der Waals surface area contributed by atoms with E-state index in [2.05, 4.69) is 4.98 Å². The predicted molar refractivity (Wildman–Crippen MR) is 161 cm³/mol. The second kappa shape index (κ2) is 12.5. The van der Waals surface area contributed by atoms with Gasteiger partial charge in [0.2, 0.25) is 0 Å². The van der Waals surface area contributed by atoms with Crippen LogP contribution in [-0.4, -0.2) is 25.6 Å². The van der Waals surface area contributed by atoms with Gasteiger partial charge in [-0.05, 0) is 78.9 Å². The van der Waals surface area contributed by atoms with Crippen LogP contribution in [-0.2, 0) is 24.1 Å². The lowest BCUT2D eigenvalue weighted by Crippen LogP contribution is -2.28. The standard InChI is InChI=1S/C35H30F5N3O3/c1-20-6-11-24(41-17-20)19-46-25-12-13-31-32(16-25)43(33(42-31)26-4-2-3-5-27(26)34(44)45)18-28-29(36)14-22(15-30(28)37)21-7-9-23(10-8-21)35(38,39)40/h6-17,26-27H,2-5,18-19H2,1H3,(H,44,45)/t26-,27+/m1/s1. The molecule has 1 saturated carbocycles. The Morgan fingerprint density at radius 1 is 0.957 bits per heavy atom. The van der Waals surface area contributed by atoms with Crippen molar-refractivity contribution in [3.8, 4) is 16.9 Å². The van der Waals surface area contributed by atoms with E-state index in [-0.39, 0.29) is 29.8 Å². The van der Waals surface area contributed by atoms with Crippen molar-refractivity contribution in [2.45, 2.75) is 57.9 Å². The van der Waals surface area contributed by atoms with Gasteiger partial charge < -0.3 is 14.4 Å². The Bertz CT molecular complexity index is 1860. The molecule has 2 heterocycles. The summed E-state index contributed by atoms with van der Waals surface area (Å²) in [6.07, 6.45) is -0.234. The number of carboxylic acid groups (broad SMARTS) is 1. The number of hydrogen-bond donors (Lipinski definition) is 1. The van der Waals surface area contributed by atoms with Gasteiger partial charge in [0.25, 0.3) is 0 Å². The number of carboxylic acids is 1. The Kier molecular flexibility index (Phi) is 8.50. The van der Waals surface area contributed by atoms with Gasteiger partial charge in [0.1, 0.15) is 29.8 Å². The van der Waals surface area contributed by atoms with Gasteiger partial charge in [-0.2, -0.15) is 13.2 Å². The highest BCUT2D eigenvalue weighted by Crippen LogP contribution is 2.40. The van der Waals surface area contributed by atoms with Crippen LogP contribution in [0.3, 0.4) is 0 Å². The topological polar surface area (TPSA) is 77.2 Å². The molecule has 0 amide bonds. The number of benzene rings is 3. The minimum absolute atomic E-state index is 0.0850. The van der Waals surface area contributed by atoms with Gasteiger partial charge in [-0.25, -0.2) is 13.8 Å². The molecule has 11 heteroatoms. The summed E-state index contributed by atoms with van der Waals surface area (Å²) in [5.41, 5.74) is 1.92. The summed E-state index contributed by atoms with van der Waals surface area (Å²) in [5, 5.41) is 10.0. The highest BCUT2D eigenvalue weighted by atomic mass is 19.4. The normalized spacial score (nSPS) is 16.9. The van der Waals surface area contributed by atoms with Crippen molar-refractivity contribution in [3.05, 3.63) is 113 Å². The number of aromatic nitrogens is 3. The molecular weight excluding hydrogens is 605 g/mol. The molecule has 3 aromatic carbocycles. The minimum atomic E-state index is -4.54. The smallest absolute Gasteiger partial charge is 0.416 e. The largest absolute Gasteiger partial charge is 0.487 e. The number of rotatable bonds is 8. The second-order valence-corrected chi connectivity index (χ2v) is 11.7. The van der Waals surface area contributed by atoms with E-state index in [1.807, 2.05) is 19.1 Å². The maximum Gasteiger partial charge on any atom is 0.416 e. The average molecular weight is 636 g/mol. The first-order valence-electron chi connectivity index (χ1n) is 14.9. The van der Waals surface area contributed by atoms with E-state index in [1.54, 1.807) is 29.0 Å². The molecule has 0 spiro atoms. The van der Waals surface area contributed by atoms with Crippen molar-refractivity contribution in [2.75, 3.05) is 0 Å². The summed E-state index contributed by atoms with van der Waals surface area (Å²) in [5.74, 6) is -3.01. The number of aryl methyl sites for hydroxylation is 1. The van der Waals surface area contributed by atoms with Gasteiger partial charge >= 0.3 is 12.1 Å². The fraction of sp³-hybridized carbons (Fsp3) is 0.286. The lowest BCUT2D eigenvalue weighted by Gasteiger charge is -2.28. The second-order valence-electron chi connectivity index (χ2n) is 11.7. The summed E-state index contributed by atoms with van der Waals surface area (Å²) < 4.78 is 78.0. The predicted octanol–water partition coefficient (Wildman–Crippen LogP) is 8.69. The molecule has 5 aromatic rings. The number of ether oxygens (including phenoxy) is 1. The number of pyridine rings is 1. The third-order valence-corrected chi connectivity index (χ3v) is 8.53. The molecule has 1 aliphatic rings. The summed E-state index contributed by atoms with van der Waals surface area (Å²) in [6, 6.07) is 15.2. The quantitative estimate of drug-likeness (QED) is 0.173. The highest BCUT2D eigenvalue weighted by molar-refractivity contribution is 5.79. The van der Waals surface area contributed by atoms with Crippen molar-refractivity contribution in [3.63, 3.8) is 0 Å². The van der Waals surface area contributed by atoms with E-state index in [4.69, 9.17) is 9.72 Å². The van der Waals surface area contributed by atoms with Crippen LogP contribution in [0.4, 0.5) is 22.0 Å². The molecule has 46 heavy (non-hydrogen) atoms. The van der Waals surface area contributed by atoms with Crippen molar-refractivity contribution < 1.29 is 36.6 Å². The zero-order valence-corrected chi connectivity index (χ0v) is 24.8. The van der Waals surface area contributed by atoms with Crippen LogP contribution in [0.15, 0.2) is 72.9 Å². The third kappa shape index (κ3) is 6.45. The lowest BCUT2D eigenvalue weighted by molar-refractivity contribution is -0.143. The minimum Gasteiger partial charge on any atom is -0.487 e. The molecule has 238 valence electrons. The van der Waals surface area contributed by atoms with Crippen LogP contribution in [0.5, 0.6) is 5.75 Å². The highest BCUT2D eigenvalue weighted by Gasteiger charge is 2.36. The van der Waals surface area contributed by atoms with E-state index in [0.717, 1.165) is 42.7 Å². The fourth-order valence-corrected chi connectivity index (χ4v) is 6.07. The molecule has 2 aromatic heterocycles. The first kappa shape index (κ1) is 31.2. The number of fused-ring (bicyclic) bond motifs is 1. The molecule has 0 aliphatic heterocycles. The Balaban J connectivity index is 1.38. The molecular formula is C35H30F5N3O3. The summed E-state index contributed by atoms with van der Waals surface area (Å²) in [6.45, 7) is 1.83. The first-order valence-corrected chi connectivity index (χ1v) is 14.9. The van der Waals surface area contributed by atoms with Gasteiger partial charge in [-0.3, -0.25) is 9.78 Å². The molecule has 1 N–H and O–H groups in total. The number of imidazole rings is 1. The van der Waals surface area contributed by atoms with E-state index >= 15 is 8.78 Å². The number of halogens is 5. The van der Waals surface area contributed by atoms with Crippen LogP contribution in [0.25, 0.3) is 22.2 Å². The van der Waals surface area contributed by atoms with Gasteiger partial charge in [0.05, 0.1) is 34.8 Å². The van der Waals surface area contributed by atoms with Crippen LogP contribution >= 0.6 is 0 Å². The lowest BCUT2D eigenvalue weighted by atomic mass is 9.78. The first-order chi connectivity index (χ1) is 22.0. The Morgan fingerprint density at radius 2 is 1.67 bits per heavy atom. The average Bonchev–Trinajstić information content (AvgIpc) is 3.39. The van der Waals surface area contributed by atoms with E-state index in [1.165, 1.54) is 12.1 Å². The molecule has 0 saturated heterocycles. The number of aliphatic carboxylic acids is 1. The summed E-state index contributed by atoms with van der Waals surface area (Å²) >= 11 is 0. The van der Waals surface area contributed by atoms with E-state index < -0.39 is 41.2 Å². The van der Waals surface area contributed by atoms with Gasteiger partial charge in [-0.15, -0.1) is 0 Å². The molecule has 0 unspecified atom stereocenters. The number of hydrogen-bond acceptors (Lipinski definition) is 4.